The Morgan fingerprint density at radius 2 is 1.35 bits per heavy atom. The summed E-state index contributed by atoms with van der Waals surface area (Å²) in [6, 6.07) is 16.6. The van der Waals surface area contributed by atoms with Crippen molar-refractivity contribution in [3.63, 3.8) is 0 Å². The maximum Gasteiger partial charge on any atom is 0.230 e. The van der Waals surface area contributed by atoms with Crippen LogP contribution in [0.1, 0.15) is 45.1 Å². The number of carbonyl (C=O) groups is 2. The van der Waals surface area contributed by atoms with Gasteiger partial charge in [-0.3, -0.25) is 14.5 Å². The molecule has 48 heavy (non-hydrogen) atoms. The van der Waals surface area contributed by atoms with E-state index in [1.807, 2.05) is 18.2 Å². The van der Waals surface area contributed by atoms with Gasteiger partial charge in [0, 0.05) is 50.7 Å². The van der Waals surface area contributed by atoms with Gasteiger partial charge in [-0.05, 0) is 60.5 Å². The summed E-state index contributed by atoms with van der Waals surface area (Å²) in [6.45, 7) is 7.21. The number of piperazine rings is 1. The molecule has 2 amide bonds. The Bertz CT molecular complexity index is 1510. The Kier molecular flexibility index (Phi) is 12.9. The van der Waals surface area contributed by atoms with E-state index in [1.165, 1.54) is 46.6 Å². The zero-order valence-electron chi connectivity index (χ0n) is 27.1. The molecule has 4 heterocycles. The predicted molar refractivity (Wildman–Crippen MR) is 195 cm³/mol. The van der Waals surface area contributed by atoms with Crippen molar-refractivity contribution in [1.29, 1.82) is 0 Å². The number of aromatic nitrogens is 4. The van der Waals surface area contributed by atoms with Crippen molar-refractivity contribution in [2.45, 2.75) is 50.8 Å². The summed E-state index contributed by atoms with van der Waals surface area (Å²) in [5.74, 6) is 2.07. The number of benzene rings is 2. The van der Waals surface area contributed by atoms with E-state index in [0.29, 0.717) is 34.8 Å². The molecule has 0 atom stereocenters. The number of hydrogen-bond donors (Lipinski definition) is 4. The lowest BCUT2D eigenvalue weighted by molar-refractivity contribution is -0.116. The zero-order valence-corrected chi connectivity index (χ0v) is 29.5. The van der Waals surface area contributed by atoms with Crippen molar-refractivity contribution in [2.24, 2.45) is 5.92 Å². The fourth-order valence-corrected chi connectivity index (χ4v) is 8.67. The zero-order chi connectivity index (χ0) is 33.0. The number of piperidine rings is 1. The number of thioether (sulfide) groups is 1. The summed E-state index contributed by atoms with van der Waals surface area (Å²) >= 11 is 4.54. The van der Waals surface area contributed by atoms with Gasteiger partial charge in [-0.25, -0.2) is 0 Å². The molecule has 2 saturated heterocycles. The van der Waals surface area contributed by atoms with Crippen LogP contribution in [-0.4, -0.2) is 82.1 Å². The second-order valence-electron chi connectivity index (χ2n) is 12.3. The average Bonchev–Trinajstić information content (AvgIpc) is 3.73. The quantitative estimate of drug-likeness (QED) is 0.134. The summed E-state index contributed by atoms with van der Waals surface area (Å²) in [6.07, 6.45) is 4.85. The van der Waals surface area contributed by atoms with Crippen molar-refractivity contribution in [3.8, 4) is 0 Å². The molecule has 4 N–H and O–H groups in total. The number of nitrogens with one attached hydrogen (secondary N) is 4. The van der Waals surface area contributed by atoms with E-state index in [0.717, 1.165) is 85.5 Å². The van der Waals surface area contributed by atoms with E-state index in [-0.39, 0.29) is 11.8 Å². The smallest absolute Gasteiger partial charge is 0.230 e. The van der Waals surface area contributed by atoms with Gasteiger partial charge in [-0.1, -0.05) is 71.2 Å². The predicted octanol–water partition coefficient (Wildman–Crippen LogP) is 4.18. The SMILES string of the molecule is O=C(Cc1cccc(CC2CCNCC2)c1)Nc1nnc(CCSCc2nnc(NC(=O)Cc3cccc(CN4CCNCC4)c3)s2)s1. The largest absolute Gasteiger partial charge is 0.317 e. The second-order valence-corrected chi connectivity index (χ2v) is 15.5. The second kappa shape index (κ2) is 17.9. The minimum atomic E-state index is -0.0926. The Labute approximate surface area is 294 Å². The van der Waals surface area contributed by atoms with Crippen molar-refractivity contribution in [2.75, 3.05) is 55.7 Å². The van der Waals surface area contributed by atoms with Gasteiger partial charge >= 0.3 is 0 Å². The molecule has 14 heteroatoms. The summed E-state index contributed by atoms with van der Waals surface area (Å²) in [5.41, 5.74) is 4.54. The van der Waals surface area contributed by atoms with Crippen molar-refractivity contribution in [1.82, 2.24) is 35.9 Å². The molecule has 0 spiro atoms. The van der Waals surface area contributed by atoms with Gasteiger partial charge in [0.15, 0.2) is 0 Å². The van der Waals surface area contributed by atoms with Crippen molar-refractivity contribution in [3.05, 3.63) is 80.8 Å². The van der Waals surface area contributed by atoms with Gasteiger partial charge in [0.1, 0.15) is 10.0 Å². The van der Waals surface area contributed by atoms with Crippen molar-refractivity contribution >= 4 is 56.5 Å². The fraction of sp³-hybridized carbons (Fsp3) is 0.471. The summed E-state index contributed by atoms with van der Waals surface area (Å²) in [5, 5.41) is 32.3. The molecule has 0 aliphatic carbocycles. The van der Waals surface area contributed by atoms with E-state index in [2.05, 4.69) is 76.9 Å². The molecule has 2 aromatic heterocycles. The highest BCUT2D eigenvalue weighted by molar-refractivity contribution is 7.98. The Morgan fingerprint density at radius 1 is 0.771 bits per heavy atom. The summed E-state index contributed by atoms with van der Waals surface area (Å²) < 4.78 is 0. The lowest BCUT2D eigenvalue weighted by atomic mass is 9.90. The monoisotopic (exact) mass is 705 g/mol. The number of amides is 2. The molecule has 2 aliphatic heterocycles. The highest BCUT2D eigenvalue weighted by atomic mass is 32.2. The first kappa shape index (κ1) is 34.6. The number of rotatable bonds is 15. The lowest BCUT2D eigenvalue weighted by Crippen LogP contribution is -2.42. The van der Waals surface area contributed by atoms with Crippen LogP contribution in [-0.2, 0) is 47.6 Å². The van der Waals surface area contributed by atoms with Crippen LogP contribution < -0.4 is 21.3 Å². The third-order valence-corrected chi connectivity index (χ3v) is 11.3. The van der Waals surface area contributed by atoms with Gasteiger partial charge in [0.2, 0.25) is 22.1 Å². The molecule has 2 aliphatic rings. The molecule has 2 fully saturated rings. The third-order valence-electron chi connectivity index (χ3n) is 8.42. The first-order valence-corrected chi connectivity index (χ1v) is 19.4. The molecule has 0 bridgehead atoms. The fourth-order valence-electron chi connectivity index (χ4n) is 6.04. The number of anilines is 2. The van der Waals surface area contributed by atoms with Crippen molar-refractivity contribution < 1.29 is 9.59 Å². The van der Waals surface area contributed by atoms with Crippen LogP contribution in [0.5, 0.6) is 0 Å². The highest BCUT2D eigenvalue weighted by Gasteiger charge is 2.16. The number of nitrogens with zero attached hydrogens (tertiary/aromatic N) is 5. The lowest BCUT2D eigenvalue weighted by Gasteiger charge is -2.27. The van der Waals surface area contributed by atoms with E-state index < -0.39 is 0 Å². The van der Waals surface area contributed by atoms with Crippen LogP contribution in [0.15, 0.2) is 48.5 Å². The minimum absolute atomic E-state index is 0.0791. The number of hydrogen-bond acceptors (Lipinski definition) is 12. The summed E-state index contributed by atoms with van der Waals surface area (Å²) in [7, 11) is 0. The standard InChI is InChI=1S/C34H43N9O2S3/c44-29(20-26-4-1-3-25(18-26)17-24-7-10-35-11-8-24)37-33-41-39-31(47-33)9-16-46-23-32-40-42-34(48-32)38-30(45)21-27-5-2-6-28(19-27)22-43-14-12-36-13-15-43/h1-6,18-19,24,35-36H,7-17,20-23H2,(H,37,41,44)(H,38,42,45). The molecule has 0 saturated carbocycles. The van der Waals surface area contributed by atoms with Crippen LogP contribution in [0.2, 0.25) is 0 Å². The van der Waals surface area contributed by atoms with Crippen LogP contribution in [0.25, 0.3) is 0 Å². The molecule has 0 unspecified atom stereocenters. The maximum absolute atomic E-state index is 12.7. The van der Waals surface area contributed by atoms with Crippen LogP contribution in [0.4, 0.5) is 10.3 Å². The number of aryl methyl sites for hydroxylation is 1. The van der Waals surface area contributed by atoms with E-state index in [1.54, 1.807) is 11.8 Å². The number of carbonyl (C=O) groups excluding carboxylic acids is 2. The van der Waals surface area contributed by atoms with Crippen LogP contribution >= 0.6 is 34.4 Å². The van der Waals surface area contributed by atoms with E-state index in [9.17, 15) is 9.59 Å². The average molecular weight is 706 g/mol. The van der Waals surface area contributed by atoms with E-state index in [4.69, 9.17) is 0 Å². The van der Waals surface area contributed by atoms with Gasteiger partial charge in [0.25, 0.3) is 0 Å². The normalized spacial score (nSPS) is 15.8. The Hall–Kier alpha value is -3.27. The third kappa shape index (κ3) is 11.1. The molecular formula is C34H43N9O2S3. The molecular weight excluding hydrogens is 663 g/mol. The highest BCUT2D eigenvalue weighted by Crippen LogP contribution is 2.23. The molecule has 4 aromatic rings. The van der Waals surface area contributed by atoms with Gasteiger partial charge in [-0.15, -0.1) is 20.4 Å². The minimum Gasteiger partial charge on any atom is -0.317 e. The maximum atomic E-state index is 12.7. The molecule has 6 rings (SSSR count). The Balaban J connectivity index is 0.877. The van der Waals surface area contributed by atoms with Crippen LogP contribution in [0, 0.1) is 5.92 Å². The van der Waals surface area contributed by atoms with Crippen LogP contribution in [0.3, 0.4) is 0 Å². The van der Waals surface area contributed by atoms with Gasteiger partial charge in [0.05, 0.1) is 12.8 Å². The first-order chi connectivity index (χ1) is 23.5. The van der Waals surface area contributed by atoms with E-state index >= 15 is 0 Å². The topological polar surface area (TPSA) is 137 Å². The molecule has 0 radical (unpaired) electrons. The molecule has 254 valence electrons. The molecule has 2 aromatic carbocycles. The van der Waals surface area contributed by atoms with Gasteiger partial charge < -0.3 is 21.3 Å². The summed E-state index contributed by atoms with van der Waals surface area (Å²) in [4.78, 5) is 27.9. The Morgan fingerprint density at radius 3 is 2.06 bits per heavy atom. The molecule has 11 nitrogen and oxygen atoms in total. The van der Waals surface area contributed by atoms with Gasteiger partial charge in [-0.2, -0.15) is 11.8 Å². The first-order valence-electron chi connectivity index (χ1n) is 16.7.